The number of aromatic nitrogens is 3. The lowest BCUT2D eigenvalue weighted by molar-refractivity contribution is 0.614. The molecule has 2 heterocycles. The van der Waals surface area contributed by atoms with Crippen LogP contribution in [-0.4, -0.2) is 14.5 Å². The zero-order valence-corrected chi connectivity index (χ0v) is 8.95. The Hall–Kier alpha value is -1.36. The summed E-state index contributed by atoms with van der Waals surface area (Å²) in [5.41, 5.74) is 9.51. The van der Waals surface area contributed by atoms with Crippen LogP contribution in [0, 0.1) is 0 Å². The van der Waals surface area contributed by atoms with E-state index in [0.29, 0.717) is 12.0 Å². The number of nitrogens with zero attached hydrogens (tertiary/aromatic N) is 3. The maximum absolute atomic E-state index is 5.78. The van der Waals surface area contributed by atoms with Gasteiger partial charge in [-0.15, -0.1) is 11.3 Å². The molecule has 0 saturated carbocycles. The number of hydrogen-bond acceptors (Lipinski definition) is 4. The molecule has 0 unspecified atom stereocenters. The number of hydrogen-bond donors (Lipinski definition) is 1. The predicted octanol–water partition coefficient (Wildman–Crippen LogP) is 2.17. The van der Waals surface area contributed by atoms with Gasteiger partial charge in [-0.1, -0.05) is 0 Å². The average molecular weight is 208 g/mol. The topological polar surface area (TPSA) is 56.7 Å². The Morgan fingerprint density at radius 1 is 1.43 bits per heavy atom. The first kappa shape index (κ1) is 9.21. The summed E-state index contributed by atoms with van der Waals surface area (Å²) < 4.78 is 1.98. The van der Waals surface area contributed by atoms with Crippen molar-refractivity contribution in [1.82, 2.24) is 14.5 Å². The Labute approximate surface area is 86.4 Å². The first-order valence-electron chi connectivity index (χ1n) is 4.41. The van der Waals surface area contributed by atoms with E-state index in [0.717, 1.165) is 11.4 Å². The predicted molar refractivity (Wildman–Crippen MR) is 58.1 cm³/mol. The van der Waals surface area contributed by atoms with Gasteiger partial charge in [0, 0.05) is 11.4 Å². The van der Waals surface area contributed by atoms with Gasteiger partial charge >= 0.3 is 0 Å². The van der Waals surface area contributed by atoms with Crippen LogP contribution in [0.2, 0.25) is 0 Å². The van der Waals surface area contributed by atoms with E-state index in [1.807, 2.05) is 15.5 Å². The lowest BCUT2D eigenvalue weighted by Gasteiger charge is -2.11. The van der Waals surface area contributed by atoms with Crippen LogP contribution in [0.3, 0.4) is 0 Å². The quantitative estimate of drug-likeness (QED) is 0.822. The molecule has 0 aliphatic carbocycles. The second kappa shape index (κ2) is 3.42. The number of anilines is 1. The van der Waals surface area contributed by atoms with Crippen LogP contribution in [0.25, 0.3) is 11.4 Å². The zero-order chi connectivity index (χ0) is 10.1. The van der Waals surface area contributed by atoms with Crippen LogP contribution >= 0.6 is 11.3 Å². The molecule has 0 aliphatic rings. The van der Waals surface area contributed by atoms with Gasteiger partial charge in [0.1, 0.15) is 0 Å². The third-order valence-electron chi connectivity index (χ3n) is 2.04. The van der Waals surface area contributed by atoms with Crippen molar-refractivity contribution in [2.75, 3.05) is 5.73 Å². The number of rotatable bonds is 2. The van der Waals surface area contributed by atoms with E-state index in [4.69, 9.17) is 5.73 Å². The molecule has 0 radical (unpaired) electrons. The van der Waals surface area contributed by atoms with Gasteiger partial charge < -0.3 is 10.3 Å². The van der Waals surface area contributed by atoms with E-state index in [1.54, 1.807) is 17.5 Å². The van der Waals surface area contributed by atoms with Crippen molar-refractivity contribution >= 4 is 17.3 Å². The first-order chi connectivity index (χ1) is 6.70. The molecule has 0 atom stereocenters. The summed E-state index contributed by atoms with van der Waals surface area (Å²) in [6, 6.07) is 0.300. The third kappa shape index (κ3) is 1.39. The molecular weight excluding hydrogens is 196 g/mol. The lowest BCUT2D eigenvalue weighted by atomic mass is 10.3. The smallest absolute Gasteiger partial charge is 0.200 e. The second-order valence-corrected chi connectivity index (χ2v) is 4.06. The fraction of sp³-hybridized carbons (Fsp3) is 0.333. The Morgan fingerprint density at radius 2 is 2.21 bits per heavy atom. The fourth-order valence-electron chi connectivity index (χ4n) is 1.45. The van der Waals surface area contributed by atoms with Gasteiger partial charge in [-0.25, -0.2) is 9.97 Å². The highest BCUT2D eigenvalue weighted by Crippen LogP contribution is 2.25. The summed E-state index contributed by atoms with van der Waals surface area (Å²) >= 11 is 1.57. The SMILES string of the molecule is CC(C)n1c(-c2cscn2)cnc1N. The van der Waals surface area contributed by atoms with Crippen LogP contribution in [0.4, 0.5) is 5.95 Å². The summed E-state index contributed by atoms with van der Waals surface area (Å²) in [7, 11) is 0. The summed E-state index contributed by atoms with van der Waals surface area (Å²) in [5, 5.41) is 2.00. The van der Waals surface area contributed by atoms with Crippen molar-refractivity contribution in [3.05, 3.63) is 17.1 Å². The Kier molecular flexibility index (Phi) is 2.25. The Morgan fingerprint density at radius 3 is 2.79 bits per heavy atom. The number of nitrogens with two attached hydrogens (primary N) is 1. The zero-order valence-electron chi connectivity index (χ0n) is 8.14. The van der Waals surface area contributed by atoms with Crippen LogP contribution in [-0.2, 0) is 0 Å². The molecule has 2 aromatic rings. The first-order valence-corrected chi connectivity index (χ1v) is 5.35. The Bertz CT molecular complexity index is 416. The van der Waals surface area contributed by atoms with Crippen LogP contribution in [0.1, 0.15) is 19.9 Å². The molecule has 2 N–H and O–H groups in total. The number of thiazole rings is 1. The summed E-state index contributed by atoms with van der Waals surface area (Å²) in [6.07, 6.45) is 1.77. The maximum Gasteiger partial charge on any atom is 0.200 e. The lowest BCUT2D eigenvalue weighted by Crippen LogP contribution is -2.07. The van der Waals surface area contributed by atoms with Gasteiger partial charge in [0.05, 0.1) is 23.1 Å². The molecule has 4 nitrogen and oxygen atoms in total. The minimum atomic E-state index is 0.300. The summed E-state index contributed by atoms with van der Waals surface area (Å²) in [6.45, 7) is 4.15. The van der Waals surface area contributed by atoms with Crippen molar-refractivity contribution in [1.29, 1.82) is 0 Å². The number of imidazole rings is 1. The van der Waals surface area contributed by atoms with Crippen LogP contribution in [0.5, 0.6) is 0 Å². The van der Waals surface area contributed by atoms with E-state index >= 15 is 0 Å². The maximum atomic E-state index is 5.78. The average Bonchev–Trinajstić information content (AvgIpc) is 2.70. The van der Waals surface area contributed by atoms with Gasteiger partial charge in [-0.2, -0.15) is 0 Å². The Balaban J connectivity index is 2.54. The van der Waals surface area contributed by atoms with Gasteiger partial charge in [-0.05, 0) is 13.8 Å². The van der Waals surface area contributed by atoms with Gasteiger partial charge in [-0.3, -0.25) is 0 Å². The van der Waals surface area contributed by atoms with E-state index in [1.165, 1.54) is 0 Å². The van der Waals surface area contributed by atoms with Crippen molar-refractivity contribution in [3.8, 4) is 11.4 Å². The van der Waals surface area contributed by atoms with Crippen LogP contribution in [0.15, 0.2) is 17.1 Å². The van der Waals surface area contributed by atoms with Crippen molar-refractivity contribution in [2.45, 2.75) is 19.9 Å². The largest absolute Gasteiger partial charge is 0.369 e. The molecule has 0 saturated heterocycles. The minimum absolute atomic E-state index is 0.300. The van der Waals surface area contributed by atoms with Crippen molar-refractivity contribution in [3.63, 3.8) is 0 Å². The highest BCUT2D eigenvalue weighted by molar-refractivity contribution is 7.07. The molecule has 2 rings (SSSR count). The molecule has 5 heteroatoms. The molecular formula is C9H12N4S. The van der Waals surface area contributed by atoms with Crippen molar-refractivity contribution < 1.29 is 0 Å². The van der Waals surface area contributed by atoms with E-state index in [-0.39, 0.29) is 0 Å². The standard InChI is InChI=1S/C9H12N4S/c1-6(2)13-8(3-11-9(13)10)7-4-14-5-12-7/h3-6H,1-2H3,(H2,10,11). The van der Waals surface area contributed by atoms with E-state index < -0.39 is 0 Å². The summed E-state index contributed by atoms with van der Waals surface area (Å²) in [5.74, 6) is 0.544. The molecule has 2 aromatic heterocycles. The monoisotopic (exact) mass is 208 g/mol. The summed E-state index contributed by atoms with van der Waals surface area (Å²) in [4.78, 5) is 8.34. The van der Waals surface area contributed by atoms with Gasteiger partial charge in [0.25, 0.3) is 0 Å². The molecule has 0 spiro atoms. The highest BCUT2D eigenvalue weighted by Gasteiger charge is 2.12. The van der Waals surface area contributed by atoms with Gasteiger partial charge in [0.15, 0.2) is 0 Å². The number of nitrogen functional groups attached to an aromatic ring is 1. The molecule has 0 aromatic carbocycles. The molecule has 14 heavy (non-hydrogen) atoms. The molecule has 74 valence electrons. The molecule has 0 fully saturated rings. The molecule has 0 amide bonds. The normalized spacial score (nSPS) is 11.1. The van der Waals surface area contributed by atoms with Crippen LogP contribution < -0.4 is 5.73 Å². The van der Waals surface area contributed by atoms with E-state index in [9.17, 15) is 0 Å². The molecule has 0 aliphatic heterocycles. The second-order valence-electron chi connectivity index (χ2n) is 3.34. The van der Waals surface area contributed by atoms with Gasteiger partial charge in [0.2, 0.25) is 5.95 Å². The highest BCUT2D eigenvalue weighted by atomic mass is 32.1. The van der Waals surface area contributed by atoms with E-state index in [2.05, 4.69) is 23.8 Å². The third-order valence-corrected chi connectivity index (χ3v) is 2.62. The molecule has 0 bridgehead atoms. The minimum Gasteiger partial charge on any atom is -0.369 e. The van der Waals surface area contributed by atoms with Crippen molar-refractivity contribution in [2.24, 2.45) is 0 Å². The fourth-order valence-corrected chi connectivity index (χ4v) is 1.99.